The first-order valence-electron chi connectivity index (χ1n) is 20.1. The number of benzene rings is 9. The Hall–Kier alpha value is -6.50. The average molecular weight is 805 g/mol. The number of fused-ring (bicyclic) bond motifs is 9. The summed E-state index contributed by atoms with van der Waals surface area (Å²) in [5.41, 5.74) is 9.80. The molecule has 12 rings (SSSR count). The Balaban J connectivity index is 1.13. The van der Waals surface area contributed by atoms with Crippen molar-refractivity contribution in [2.75, 3.05) is 4.90 Å². The molecular weight excluding hydrogens is 769 g/mol. The van der Waals surface area contributed by atoms with Crippen LogP contribution in [0.5, 0.6) is 0 Å². The number of hydrogen-bond donors (Lipinski definition) is 0. The van der Waals surface area contributed by atoms with E-state index in [4.69, 9.17) is 0 Å². The second-order valence-corrected chi connectivity index (χ2v) is 21.1. The highest BCUT2D eigenvalue weighted by Crippen LogP contribution is 2.52. The summed E-state index contributed by atoms with van der Waals surface area (Å²) in [5.74, 6) is 0. The minimum Gasteiger partial charge on any atom is -0.311 e. The van der Waals surface area contributed by atoms with E-state index >= 15 is 0 Å². The third-order valence-electron chi connectivity index (χ3n) is 12.1. The summed E-state index contributed by atoms with van der Waals surface area (Å²) in [6.07, 6.45) is 0. The first-order chi connectivity index (χ1) is 29.3. The highest BCUT2D eigenvalue weighted by atomic mass is 32.2. The highest BCUT2D eigenvalue weighted by molar-refractivity contribution is 8.05. The molecule has 3 heterocycles. The van der Waals surface area contributed by atoms with Gasteiger partial charge in [-0.05, 0) is 111 Å². The van der Waals surface area contributed by atoms with E-state index in [0.717, 1.165) is 17.1 Å². The number of nitrogens with zero attached hydrogens (tertiary/aromatic N) is 2. The van der Waals surface area contributed by atoms with Gasteiger partial charge in [-0.25, -0.2) is 0 Å². The molecule has 0 aliphatic carbocycles. The lowest BCUT2D eigenvalue weighted by molar-refractivity contribution is 1.17. The van der Waals surface area contributed by atoms with Crippen LogP contribution in [-0.2, 0) is 0 Å². The van der Waals surface area contributed by atoms with Gasteiger partial charge in [0.15, 0.2) is 8.07 Å². The standard InChI is InChI=1S/C54H36N2S2Si/c1-4-16-37(17-5-1)55(38-18-6-2-7-19-38)40-28-30-41(31-29-40)59(42-32-33-47-45(36-42)43-22-10-12-24-46(43)56(47)39-20-8-3-9-21-39)51-27-15-11-23-44(51)53-52(59)35-34-50-54(53)58-49-26-14-13-25-48(49)57-50/h1-36H. The molecule has 2 aliphatic heterocycles. The molecule has 0 fully saturated rings. The average Bonchev–Trinajstić information content (AvgIpc) is 3.80. The molecule has 5 heteroatoms. The smallest absolute Gasteiger partial charge is 0.180 e. The van der Waals surface area contributed by atoms with Crippen LogP contribution < -0.4 is 25.6 Å². The van der Waals surface area contributed by atoms with E-state index in [9.17, 15) is 0 Å². The lowest BCUT2D eigenvalue weighted by Crippen LogP contribution is -2.72. The van der Waals surface area contributed by atoms with Crippen LogP contribution in [0.1, 0.15) is 0 Å². The van der Waals surface area contributed by atoms with E-state index in [2.05, 4.69) is 228 Å². The van der Waals surface area contributed by atoms with E-state index in [0.29, 0.717) is 0 Å². The molecule has 9 aromatic carbocycles. The van der Waals surface area contributed by atoms with Gasteiger partial charge in [-0.1, -0.05) is 163 Å². The lowest BCUT2D eigenvalue weighted by atomic mass is 10.1. The molecule has 1 aromatic heterocycles. The van der Waals surface area contributed by atoms with Gasteiger partial charge < -0.3 is 9.47 Å². The minimum absolute atomic E-state index is 1.14. The number of para-hydroxylation sites is 4. The highest BCUT2D eigenvalue weighted by Gasteiger charge is 2.50. The van der Waals surface area contributed by atoms with Gasteiger partial charge in [-0.2, -0.15) is 0 Å². The lowest BCUT2D eigenvalue weighted by Gasteiger charge is -2.33. The topological polar surface area (TPSA) is 8.17 Å². The molecule has 0 radical (unpaired) electrons. The van der Waals surface area contributed by atoms with Crippen LogP contribution in [0.3, 0.4) is 0 Å². The quantitative estimate of drug-likeness (QED) is 0.155. The van der Waals surface area contributed by atoms with E-state index in [-0.39, 0.29) is 0 Å². The SMILES string of the molecule is c1ccc(N(c2ccccc2)c2ccc([Si]3(c4ccc5c(c4)c4ccccc4n5-c4ccccc4)c4ccccc4-c4c3ccc3c4Sc4ccccc4S3)cc2)cc1. The van der Waals surface area contributed by atoms with Crippen molar-refractivity contribution in [2.24, 2.45) is 0 Å². The van der Waals surface area contributed by atoms with Crippen molar-refractivity contribution < 1.29 is 0 Å². The summed E-state index contributed by atoms with van der Waals surface area (Å²) in [4.78, 5) is 7.74. The molecule has 0 amide bonds. The fraction of sp³-hybridized carbons (Fsp3) is 0. The van der Waals surface area contributed by atoms with E-state index in [1.165, 1.54) is 78.9 Å². The summed E-state index contributed by atoms with van der Waals surface area (Å²) < 4.78 is 2.43. The molecule has 0 saturated heterocycles. The zero-order valence-corrected chi connectivity index (χ0v) is 34.6. The van der Waals surface area contributed by atoms with Gasteiger partial charge in [0.1, 0.15) is 0 Å². The van der Waals surface area contributed by atoms with Gasteiger partial charge in [0.05, 0.1) is 11.0 Å². The maximum absolute atomic E-state index is 2.92. The molecular formula is C54H36N2S2Si. The Morgan fingerprint density at radius 1 is 0.390 bits per heavy atom. The van der Waals surface area contributed by atoms with Crippen LogP contribution in [0.25, 0.3) is 38.6 Å². The van der Waals surface area contributed by atoms with Crippen molar-refractivity contribution in [2.45, 2.75) is 19.6 Å². The third-order valence-corrected chi connectivity index (χ3v) is 19.6. The molecule has 0 bridgehead atoms. The van der Waals surface area contributed by atoms with Gasteiger partial charge in [0.25, 0.3) is 0 Å². The van der Waals surface area contributed by atoms with Gasteiger partial charge in [0, 0.05) is 53.1 Å². The van der Waals surface area contributed by atoms with Crippen molar-refractivity contribution in [1.82, 2.24) is 4.57 Å². The molecule has 0 spiro atoms. The largest absolute Gasteiger partial charge is 0.311 e. The number of hydrogen-bond acceptors (Lipinski definition) is 3. The normalized spacial score (nSPS) is 15.1. The first-order valence-corrected chi connectivity index (χ1v) is 23.7. The zero-order chi connectivity index (χ0) is 38.9. The first kappa shape index (κ1) is 34.5. The van der Waals surface area contributed by atoms with Crippen molar-refractivity contribution in [3.63, 3.8) is 0 Å². The summed E-state index contributed by atoms with van der Waals surface area (Å²) >= 11 is 3.85. The minimum atomic E-state index is -2.92. The fourth-order valence-corrected chi connectivity index (χ4v) is 17.3. The van der Waals surface area contributed by atoms with Crippen LogP contribution in [0.4, 0.5) is 17.1 Å². The van der Waals surface area contributed by atoms with E-state index in [1.54, 1.807) is 0 Å². The molecule has 1 unspecified atom stereocenters. The molecule has 59 heavy (non-hydrogen) atoms. The maximum Gasteiger partial charge on any atom is 0.180 e. The molecule has 1 atom stereocenters. The Bertz CT molecular complexity index is 3180. The number of rotatable bonds is 6. The molecule has 0 saturated carbocycles. The Kier molecular flexibility index (Phi) is 8.08. The second kappa shape index (κ2) is 13.8. The van der Waals surface area contributed by atoms with Crippen molar-refractivity contribution in [1.29, 1.82) is 0 Å². The summed E-state index contributed by atoms with van der Waals surface area (Å²) in [7, 11) is -2.92. The van der Waals surface area contributed by atoms with Crippen molar-refractivity contribution >= 4 is 91.2 Å². The van der Waals surface area contributed by atoms with Crippen molar-refractivity contribution in [3.8, 4) is 16.8 Å². The molecule has 10 aromatic rings. The van der Waals surface area contributed by atoms with Crippen LogP contribution in [0.15, 0.2) is 238 Å². The van der Waals surface area contributed by atoms with Crippen LogP contribution >= 0.6 is 23.5 Å². The number of anilines is 3. The van der Waals surface area contributed by atoms with Gasteiger partial charge in [0.2, 0.25) is 0 Å². The predicted octanol–water partition coefficient (Wildman–Crippen LogP) is 12.2. The van der Waals surface area contributed by atoms with Gasteiger partial charge in [-0.3, -0.25) is 0 Å². The Morgan fingerprint density at radius 3 is 1.71 bits per heavy atom. The van der Waals surface area contributed by atoms with Gasteiger partial charge >= 0.3 is 0 Å². The maximum atomic E-state index is 2.56. The van der Waals surface area contributed by atoms with Crippen LogP contribution in [0, 0.1) is 0 Å². The molecule has 2 nitrogen and oxygen atoms in total. The predicted molar refractivity (Wildman–Crippen MR) is 253 cm³/mol. The van der Waals surface area contributed by atoms with Crippen LogP contribution in [-0.4, -0.2) is 12.6 Å². The number of aromatic nitrogens is 1. The van der Waals surface area contributed by atoms with E-state index in [1.807, 2.05) is 23.5 Å². The second-order valence-electron chi connectivity index (χ2n) is 15.2. The Labute approximate surface area is 353 Å². The van der Waals surface area contributed by atoms with Crippen LogP contribution in [0.2, 0.25) is 0 Å². The summed E-state index contributed by atoms with van der Waals surface area (Å²) in [6, 6.07) is 81.2. The third kappa shape index (κ3) is 5.29. The summed E-state index contributed by atoms with van der Waals surface area (Å²) in [5, 5.41) is 8.26. The van der Waals surface area contributed by atoms with E-state index < -0.39 is 8.07 Å². The zero-order valence-electron chi connectivity index (χ0n) is 32.0. The van der Waals surface area contributed by atoms with Crippen molar-refractivity contribution in [3.05, 3.63) is 218 Å². The fourth-order valence-electron chi connectivity index (χ4n) is 9.66. The molecule has 0 N–H and O–H groups in total. The summed E-state index contributed by atoms with van der Waals surface area (Å²) in [6.45, 7) is 0. The monoisotopic (exact) mass is 804 g/mol. The van der Waals surface area contributed by atoms with Gasteiger partial charge in [-0.15, -0.1) is 0 Å². The Morgan fingerprint density at radius 2 is 0.966 bits per heavy atom. The molecule has 278 valence electrons. The molecule has 2 aliphatic rings.